The quantitative estimate of drug-likeness (QED) is 0.852. The Kier molecular flexibility index (Phi) is 5.67. The van der Waals surface area contributed by atoms with Crippen LogP contribution in [0, 0.1) is 6.92 Å². The van der Waals surface area contributed by atoms with Crippen LogP contribution in [0.25, 0.3) is 0 Å². The molecule has 142 valence electrons. The lowest BCUT2D eigenvalue weighted by atomic mass is 9.97. The van der Waals surface area contributed by atoms with Gasteiger partial charge in [0.05, 0.1) is 11.4 Å². The number of halogens is 1. The fourth-order valence-corrected chi connectivity index (χ4v) is 5.27. The Bertz CT molecular complexity index is 875. The Hall–Kier alpha value is -1.48. The Morgan fingerprint density at radius 2 is 1.92 bits per heavy atom. The summed E-state index contributed by atoms with van der Waals surface area (Å²) in [7, 11) is -3.41. The van der Waals surface area contributed by atoms with E-state index < -0.39 is 10.0 Å². The SMILES string of the molecule is Cc1cccc(S(=O)(=O)N2CCC(c3nnc4n3CCNC4)CC2)c1.Cl. The van der Waals surface area contributed by atoms with Crippen LogP contribution in [0.2, 0.25) is 0 Å². The van der Waals surface area contributed by atoms with E-state index in [-0.39, 0.29) is 18.3 Å². The van der Waals surface area contributed by atoms with Gasteiger partial charge in [-0.25, -0.2) is 8.42 Å². The number of nitrogens with zero attached hydrogens (tertiary/aromatic N) is 4. The zero-order valence-electron chi connectivity index (χ0n) is 14.8. The molecule has 0 aliphatic carbocycles. The van der Waals surface area contributed by atoms with Gasteiger partial charge in [-0.05, 0) is 37.5 Å². The van der Waals surface area contributed by atoms with Crippen molar-refractivity contribution in [3.63, 3.8) is 0 Å². The molecule has 7 nitrogen and oxygen atoms in total. The van der Waals surface area contributed by atoms with Gasteiger partial charge in [0.1, 0.15) is 11.6 Å². The summed E-state index contributed by atoms with van der Waals surface area (Å²) in [5.41, 5.74) is 0.958. The molecule has 9 heteroatoms. The average Bonchev–Trinajstić information content (AvgIpc) is 3.06. The third-order valence-electron chi connectivity index (χ3n) is 5.10. The first-order chi connectivity index (χ1) is 12.1. The molecule has 2 aliphatic rings. The summed E-state index contributed by atoms with van der Waals surface area (Å²) in [6.07, 6.45) is 1.58. The Morgan fingerprint density at radius 1 is 1.15 bits per heavy atom. The van der Waals surface area contributed by atoms with Crippen LogP contribution < -0.4 is 5.32 Å². The number of benzene rings is 1. The monoisotopic (exact) mass is 397 g/mol. The molecule has 4 rings (SSSR count). The normalized spacial score (nSPS) is 19.0. The standard InChI is InChI=1S/C17H23N5O2S.ClH/c1-13-3-2-4-15(11-13)25(23,24)21-8-5-14(6-9-21)17-20-19-16-12-18-7-10-22(16)17;/h2-4,11,14,18H,5-10,12H2,1H3;1H. The Morgan fingerprint density at radius 3 is 2.65 bits per heavy atom. The number of aryl methyl sites for hydroxylation is 1. The number of aromatic nitrogens is 3. The van der Waals surface area contributed by atoms with E-state index in [2.05, 4.69) is 20.1 Å². The fourth-order valence-electron chi connectivity index (χ4n) is 3.70. The van der Waals surface area contributed by atoms with Gasteiger partial charge in [0, 0.05) is 32.1 Å². The maximum Gasteiger partial charge on any atom is 0.243 e. The minimum Gasteiger partial charge on any atom is -0.312 e. The zero-order valence-corrected chi connectivity index (χ0v) is 16.4. The van der Waals surface area contributed by atoms with Crippen LogP contribution in [0.1, 0.15) is 36.0 Å². The van der Waals surface area contributed by atoms with Crippen LogP contribution >= 0.6 is 12.4 Å². The lowest BCUT2D eigenvalue weighted by Gasteiger charge is -2.31. The van der Waals surface area contributed by atoms with Gasteiger partial charge >= 0.3 is 0 Å². The lowest BCUT2D eigenvalue weighted by Crippen LogP contribution is -2.38. The van der Waals surface area contributed by atoms with Gasteiger partial charge in [0.25, 0.3) is 0 Å². The predicted octanol–water partition coefficient (Wildman–Crippen LogP) is 1.68. The molecular formula is C17H24ClN5O2S. The lowest BCUT2D eigenvalue weighted by molar-refractivity contribution is 0.307. The number of hydrogen-bond donors (Lipinski definition) is 1. The van der Waals surface area contributed by atoms with Crippen molar-refractivity contribution in [2.75, 3.05) is 19.6 Å². The number of hydrogen-bond acceptors (Lipinski definition) is 5. The molecular weight excluding hydrogens is 374 g/mol. The zero-order chi connectivity index (χ0) is 17.4. The van der Waals surface area contributed by atoms with E-state index in [0.717, 1.165) is 49.7 Å². The van der Waals surface area contributed by atoms with E-state index in [0.29, 0.717) is 18.0 Å². The molecule has 0 unspecified atom stereocenters. The number of sulfonamides is 1. The minimum atomic E-state index is -3.41. The molecule has 3 heterocycles. The van der Waals surface area contributed by atoms with Gasteiger partial charge in [0.2, 0.25) is 10.0 Å². The second-order valence-electron chi connectivity index (χ2n) is 6.80. The topological polar surface area (TPSA) is 80.1 Å². The van der Waals surface area contributed by atoms with Gasteiger partial charge in [-0.3, -0.25) is 0 Å². The van der Waals surface area contributed by atoms with E-state index >= 15 is 0 Å². The molecule has 2 aromatic rings. The molecule has 0 spiro atoms. The minimum absolute atomic E-state index is 0. The highest BCUT2D eigenvalue weighted by Gasteiger charge is 2.32. The van der Waals surface area contributed by atoms with Crippen LogP contribution in [0.4, 0.5) is 0 Å². The van der Waals surface area contributed by atoms with Crippen LogP contribution in [-0.4, -0.2) is 47.1 Å². The van der Waals surface area contributed by atoms with Gasteiger partial charge in [0.15, 0.2) is 0 Å². The summed E-state index contributed by atoms with van der Waals surface area (Å²) in [5, 5.41) is 12.0. The molecule has 2 aliphatic heterocycles. The van der Waals surface area contributed by atoms with Crippen molar-refractivity contribution < 1.29 is 8.42 Å². The molecule has 0 amide bonds. The first-order valence-electron chi connectivity index (χ1n) is 8.75. The van der Waals surface area contributed by atoms with E-state index in [1.807, 2.05) is 13.0 Å². The molecule has 0 saturated carbocycles. The molecule has 1 aromatic carbocycles. The van der Waals surface area contributed by atoms with Crippen molar-refractivity contribution in [1.82, 2.24) is 24.4 Å². The van der Waals surface area contributed by atoms with Crippen molar-refractivity contribution in [2.45, 2.75) is 43.7 Å². The van der Waals surface area contributed by atoms with Crippen molar-refractivity contribution in [3.05, 3.63) is 41.5 Å². The van der Waals surface area contributed by atoms with Gasteiger partial charge < -0.3 is 9.88 Å². The van der Waals surface area contributed by atoms with Crippen molar-refractivity contribution in [1.29, 1.82) is 0 Å². The molecule has 0 radical (unpaired) electrons. The molecule has 1 N–H and O–H groups in total. The summed E-state index contributed by atoms with van der Waals surface area (Å²) in [5.74, 6) is 2.28. The predicted molar refractivity (Wildman–Crippen MR) is 101 cm³/mol. The Balaban J connectivity index is 0.00000196. The highest BCUT2D eigenvalue weighted by Crippen LogP contribution is 2.30. The summed E-state index contributed by atoms with van der Waals surface area (Å²) < 4.78 is 29.5. The van der Waals surface area contributed by atoms with Gasteiger partial charge in [-0.2, -0.15) is 4.31 Å². The number of fused-ring (bicyclic) bond motifs is 1. The number of nitrogens with one attached hydrogen (secondary N) is 1. The van der Waals surface area contributed by atoms with Crippen LogP contribution in [0.15, 0.2) is 29.2 Å². The average molecular weight is 398 g/mol. The van der Waals surface area contributed by atoms with Crippen LogP contribution in [0.3, 0.4) is 0 Å². The maximum atomic E-state index is 12.8. The third-order valence-corrected chi connectivity index (χ3v) is 6.99. The highest BCUT2D eigenvalue weighted by molar-refractivity contribution is 7.89. The summed E-state index contributed by atoms with van der Waals surface area (Å²) in [6, 6.07) is 7.12. The van der Waals surface area contributed by atoms with Crippen molar-refractivity contribution in [3.8, 4) is 0 Å². The largest absolute Gasteiger partial charge is 0.312 e. The van der Waals surface area contributed by atoms with E-state index in [9.17, 15) is 8.42 Å². The first kappa shape index (κ1) is 19.3. The van der Waals surface area contributed by atoms with Gasteiger partial charge in [-0.1, -0.05) is 12.1 Å². The molecule has 1 aromatic heterocycles. The molecule has 1 fully saturated rings. The summed E-state index contributed by atoms with van der Waals surface area (Å²) in [4.78, 5) is 0.386. The van der Waals surface area contributed by atoms with E-state index in [1.165, 1.54) is 0 Å². The van der Waals surface area contributed by atoms with Crippen molar-refractivity contribution in [2.24, 2.45) is 0 Å². The summed E-state index contributed by atoms with van der Waals surface area (Å²) >= 11 is 0. The van der Waals surface area contributed by atoms with Crippen LogP contribution in [-0.2, 0) is 23.1 Å². The second-order valence-corrected chi connectivity index (χ2v) is 8.74. The van der Waals surface area contributed by atoms with Crippen LogP contribution in [0.5, 0.6) is 0 Å². The van der Waals surface area contributed by atoms with Crippen molar-refractivity contribution >= 4 is 22.4 Å². The number of piperidine rings is 1. The van der Waals surface area contributed by atoms with Gasteiger partial charge in [-0.15, -0.1) is 22.6 Å². The first-order valence-corrected chi connectivity index (χ1v) is 10.2. The Labute approximate surface area is 160 Å². The molecule has 26 heavy (non-hydrogen) atoms. The molecule has 0 atom stereocenters. The third kappa shape index (κ3) is 3.51. The second kappa shape index (κ2) is 7.64. The summed E-state index contributed by atoms with van der Waals surface area (Å²) in [6.45, 7) is 5.54. The highest BCUT2D eigenvalue weighted by atomic mass is 35.5. The smallest absolute Gasteiger partial charge is 0.243 e. The molecule has 1 saturated heterocycles. The molecule has 0 bridgehead atoms. The fraction of sp³-hybridized carbons (Fsp3) is 0.529. The number of rotatable bonds is 3. The maximum absolute atomic E-state index is 12.8. The van der Waals surface area contributed by atoms with E-state index in [4.69, 9.17) is 0 Å². The van der Waals surface area contributed by atoms with E-state index in [1.54, 1.807) is 22.5 Å².